The molecule has 0 bridgehead atoms. The minimum Gasteiger partial charge on any atom is -0.481 e. The Hall–Kier alpha value is -1.84. The first-order valence-corrected chi connectivity index (χ1v) is 8.10. The van der Waals surface area contributed by atoms with Crippen LogP contribution < -0.4 is 5.32 Å². The maximum atomic E-state index is 11.9. The molecule has 0 saturated heterocycles. The molecule has 0 aliphatic heterocycles. The van der Waals surface area contributed by atoms with E-state index in [0.717, 1.165) is 25.7 Å². The topological polar surface area (TPSA) is 66.4 Å². The van der Waals surface area contributed by atoms with E-state index in [-0.39, 0.29) is 12.5 Å². The number of amides is 1. The van der Waals surface area contributed by atoms with Gasteiger partial charge in [0.25, 0.3) is 0 Å². The Morgan fingerprint density at radius 2 is 1.82 bits per heavy atom. The smallest absolute Gasteiger partial charge is 0.308 e. The van der Waals surface area contributed by atoms with Crippen LogP contribution in [0.4, 0.5) is 0 Å². The van der Waals surface area contributed by atoms with Gasteiger partial charge in [-0.15, -0.1) is 0 Å². The number of aliphatic carboxylic acids is 1. The molecule has 1 amide bonds. The van der Waals surface area contributed by atoms with Crippen LogP contribution in [0.1, 0.15) is 50.5 Å². The number of hydrogen-bond donors (Lipinski definition) is 2. The molecule has 0 spiro atoms. The van der Waals surface area contributed by atoms with E-state index < -0.39 is 11.9 Å². The maximum Gasteiger partial charge on any atom is 0.308 e. The monoisotopic (exact) mass is 303 g/mol. The van der Waals surface area contributed by atoms with Crippen LogP contribution in [0, 0.1) is 11.8 Å². The number of carboxylic acids is 1. The molecule has 120 valence electrons. The first kappa shape index (κ1) is 16.5. The third-order valence-electron chi connectivity index (χ3n) is 4.62. The van der Waals surface area contributed by atoms with E-state index in [1.165, 1.54) is 5.56 Å². The summed E-state index contributed by atoms with van der Waals surface area (Å²) in [5, 5.41) is 11.5. The van der Waals surface area contributed by atoms with E-state index in [2.05, 4.69) is 29.6 Å². The van der Waals surface area contributed by atoms with E-state index in [0.29, 0.717) is 18.3 Å². The molecule has 2 N–H and O–H groups in total. The van der Waals surface area contributed by atoms with Gasteiger partial charge in [-0.05, 0) is 43.1 Å². The molecular formula is C18H25NO3. The number of carbonyl (C=O) groups is 2. The molecule has 1 fully saturated rings. The standard InChI is InChI=1S/C18H25NO3/c1-13(18(21)22)12-19-17(20)11-14-7-9-16(10-8-14)15-5-3-2-4-6-15/h2-6,13-14,16H,7-12H2,1H3,(H,19,20)(H,21,22). The largest absolute Gasteiger partial charge is 0.481 e. The summed E-state index contributed by atoms with van der Waals surface area (Å²) in [7, 11) is 0. The highest BCUT2D eigenvalue weighted by Crippen LogP contribution is 2.36. The van der Waals surface area contributed by atoms with Gasteiger partial charge in [-0.25, -0.2) is 0 Å². The number of carboxylic acid groups (broad SMARTS) is 1. The Balaban J connectivity index is 1.71. The zero-order valence-corrected chi connectivity index (χ0v) is 13.1. The van der Waals surface area contributed by atoms with Crippen molar-refractivity contribution >= 4 is 11.9 Å². The van der Waals surface area contributed by atoms with E-state index in [1.807, 2.05) is 6.07 Å². The van der Waals surface area contributed by atoms with Gasteiger partial charge in [-0.2, -0.15) is 0 Å². The van der Waals surface area contributed by atoms with Gasteiger partial charge in [-0.3, -0.25) is 9.59 Å². The van der Waals surface area contributed by atoms with Crippen LogP contribution >= 0.6 is 0 Å². The highest BCUT2D eigenvalue weighted by Gasteiger charge is 2.24. The molecule has 1 saturated carbocycles. The fourth-order valence-electron chi connectivity index (χ4n) is 3.11. The van der Waals surface area contributed by atoms with Crippen molar-refractivity contribution in [1.82, 2.24) is 5.32 Å². The van der Waals surface area contributed by atoms with Crippen molar-refractivity contribution in [3.05, 3.63) is 35.9 Å². The van der Waals surface area contributed by atoms with Gasteiger partial charge < -0.3 is 10.4 Å². The maximum absolute atomic E-state index is 11.9. The Kier molecular flexibility index (Phi) is 5.99. The Labute approximate surface area is 131 Å². The minimum absolute atomic E-state index is 0.0174. The summed E-state index contributed by atoms with van der Waals surface area (Å²) in [6, 6.07) is 10.6. The predicted molar refractivity (Wildman–Crippen MR) is 85.6 cm³/mol. The minimum atomic E-state index is -0.872. The summed E-state index contributed by atoms with van der Waals surface area (Å²) in [5.74, 6) is -0.370. The zero-order chi connectivity index (χ0) is 15.9. The SMILES string of the molecule is CC(CNC(=O)CC1CCC(c2ccccc2)CC1)C(=O)O. The van der Waals surface area contributed by atoms with Crippen LogP contribution in [-0.2, 0) is 9.59 Å². The van der Waals surface area contributed by atoms with Crippen LogP contribution in [0.5, 0.6) is 0 Å². The van der Waals surface area contributed by atoms with Crippen molar-refractivity contribution < 1.29 is 14.7 Å². The molecule has 2 rings (SSSR count). The Morgan fingerprint density at radius 3 is 2.41 bits per heavy atom. The van der Waals surface area contributed by atoms with Crippen molar-refractivity contribution in [2.24, 2.45) is 11.8 Å². The summed E-state index contributed by atoms with van der Waals surface area (Å²) in [4.78, 5) is 22.6. The van der Waals surface area contributed by atoms with Crippen LogP contribution in [0.25, 0.3) is 0 Å². The molecule has 0 aromatic heterocycles. The van der Waals surface area contributed by atoms with Gasteiger partial charge in [-0.1, -0.05) is 37.3 Å². The third kappa shape index (κ3) is 4.86. The van der Waals surface area contributed by atoms with Crippen LogP contribution in [0.15, 0.2) is 30.3 Å². The normalized spacial score (nSPS) is 22.8. The molecule has 4 heteroatoms. The summed E-state index contributed by atoms with van der Waals surface area (Å²) >= 11 is 0. The van der Waals surface area contributed by atoms with Crippen molar-refractivity contribution in [1.29, 1.82) is 0 Å². The van der Waals surface area contributed by atoms with Gasteiger partial charge in [0, 0.05) is 13.0 Å². The van der Waals surface area contributed by atoms with Crippen molar-refractivity contribution in [2.45, 2.75) is 44.9 Å². The third-order valence-corrected chi connectivity index (χ3v) is 4.62. The zero-order valence-electron chi connectivity index (χ0n) is 13.1. The average molecular weight is 303 g/mol. The van der Waals surface area contributed by atoms with E-state index in [4.69, 9.17) is 5.11 Å². The second kappa shape index (κ2) is 7.97. The molecule has 4 nitrogen and oxygen atoms in total. The lowest BCUT2D eigenvalue weighted by Crippen LogP contribution is -2.33. The number of carbonyl (C=O) groups excluding carboxylic acids is 1. The van der Waals surface area contributed by atoms with Gasteiger partial charge in [0.1, 0.15) is 0 Å². The van der Waals surface area contributed by atoms with Crippen molar-refractivity contribution in [3.8, 4) is 0 Å². The van der Waals surface area contributed by atoms with Crippen LogP contribution in [0.3, 0.4) is 0 Å². The second-order valence-electron chi connectivity index (χ2n) is 6.38. The molecule has 1 aliphatic carbocycles. The molecule has 22 heavy (non-hydrogen) atoms. The molecule has 1 aromatic rings. The summed E-state index contributed by atoms with van der Waals surface area (Å²) in [5.41, 5.74) is 1.40. The van der Waals surface area contributed by atoms with Gasteiger partial charge in [0.15, 0.2) is 0 Å². The van der Waals surface area contributed by atoms with Crippen LogP contribution in [-0.4, -0.2) is 23.5 Å². The van der Waals surface area contributed by atoms with Gasteiger partial charge >= 0.3 is 5.97 Å². The van der Waals surface area contributed by atoms with Crippen LogP contribution in [0.2, 0.25) is 0 Å². The average Bonchev–Trinajstić information content (AvgIpc) is 2.54. The quantitative estimate of drug-likeness (QED) is 0.848. The van der Waals surface area contributed by atoms with Crippen molar-refractivity contribution in [3.63, 3.8) is 0 Å². The molecule has 1 unspecified atom stereocenters. The predicted octanol–water partition coefficient (Wildman–Crippen LogP) is 3.19. The fourth-order valence-corrected chi connectivity index (χ4v) is 3.11. The molecular weight excluding hydrogens is 278 g/mol. The number of rotatable bonds is 6. The summed E-state index contributed by atoms with van der Waals surface area (Å²) < 4.78 is 0. The van der Waals surface area contributed by atoms with E-state index in [1.54, 1.807) is 6.92 Å². The number of hydrogen-bond acceptors (Lipinski definition) is 2. The molecule has 1 aliphatic rings. The fraction of sp³-hybridized carbons (Fsp3) is 0.556. The lowest BCUT2D eigenvalue weighted by atomic mass is 9.77. The van der Waals surface area contributed by atoms with E-state index in [9.17, 15) is 9.59 Å². The molecule has 1 aromatic carbocycles. The first-order chi connectivity index (χ1) is 10.6. The first-order valence-electron chi connectivity index (χ1n) is 8.10. The van der Waals surface area contributed by atoms with Crippen molar-refractivity contribution in [2.75, 3.05) is 6.54 Å². The molecule has 1 atom stereocenters. The van der Waals surface area contributed by atoms with Gasteiger partial charge in [0.2, 0.25) is 5.91 Å². The van der Waals surface area contributed by atoms with E-state index >= 15 is 0 Å². The molecule has 0 radical (unpaired) electrons. The number of benzene rings is 1. The number of nitrogens with one attached hydrogen (secondary N) is 1. The second-order valence-corrected chi connectivity index (χ2v) is 6.38. The van der Waals surface area contributed by atoms with Gasteiger partial charge in [0.05, 0.1) is 5.92 Å². The lowest BCUT2D eigenvalue weighted by Gasteiger charge is -2.28. The summed E-state index contributed by atoms with van der Waals surface area (Å²) in [6.07, 6.45) is 4.93. The highest BCUT2D eigenvalue weighted by molar-refractivity contribution is 5.77. The Bertz CT molecular complexity index is 492. The summed E-state index contributed by atoms with van der Waals surface area (Å²) in [6.45, 7) is 1.82. The highest BCUT2D eigenvalue weighted by atomic mass is 16.4. The molecule has 0 heterocycles. The lowest BCUT2D eigenvalue weighted by molar-refractivity contribution is -0.141. The Morgan fingerprint density at radius 1 is 1.18 bits per heavy atom.